The van der Waals surface area contributed by atoms with Crippen molar-refractivity contribution in [2.24, 2.45) is 0 Å². The van der Waals surface area contributed by atoms with E-state index in [9.17, 15) is 0 Å². The summed E-state index contributed by atoms with van der Waals surface area (Å²) in [7, 11) is 2.08. The van der Waals surface area contributed by atoms with E-state index < -0.39 is 0 Å². The largest absolute Gasteiger partial charge is 0.398 e. The van der Waals surface area contributed by atoms with Crippen molar-refractivity contribution >= 4 is 17.3 Å². The standard InChI is InChI=1S/C15H17ClN2/c1-18(10-12-5-3-2-4-6-12)11-13-7-8-14(16)9-15(13)17/h2-9H,10-11,17H2,1H3. The third-order valence-electron chi connectivity index (χ3n) is 2.84. The molecule has 2 rings (SSSR count). The predicted octanol–water partition coefficient (Wildman–Crippen LogP) is 3.55. The topological polar surface area (TPSA) is 29.3 Å². The van der Waals surface area contributed by atoms with E-state index in [1.165, 1.54) is 5.56 Å². The van der Waals surface area contributed by atoms with Crippen molar-refractivity contribution in [3.63, 3.8) is 0 Å². The molecule has 0 bridgehead atoms. The highest BCUT2D eigenvalue weighted by molar-refractivity contribution is 6.30. The molecule has 2 aromatic carbocycles. The number of benzene rings is 2. The molecular formula is C15H17ClN2. The number of rotatable bonds is 4. The fourth-order valence-electron chi connectivity index (χ4n) is 1.95. The molecular weight excluding hydrogens is 244 g/mol. The predicted molar refractivity (Wildman–Crippen MR) is 77.5 cm³/mol. The van der Waals surface area contributed by atoms with Gasteiger partial charge in [-0.05, 0) is 30.3 Å². The minimum Gasteiger partial charge on any atom is -0.398 e. The fourth-order valence-corrected chi connectivity index (χ4v) is 2.13. The van der Waals surface area contributed by atoms with E-state index in [0.29, 0.717) is 5.02 Å². The van der Waals surface area contributed by atoms with Gasteiger partial charge in [-0.1, -0.05) is 48.0 Å². The number of nitrogen functional groups attached to an aromatic ring is 1. The molecule has 0 amide bonds. The highest BCUT2D eigenvalue weighted by Crippen LogP contribution is 2.19. The van der Waals surface area contributed by atoms with E-state index >= 15 is 0 Å². The lowest BCUT2D eigenvalue weighted by atomic mass is 10.1. The van der Waals surface area contributed by atoms with Crippen LogP contribution in [0.25, 0.3) is 0 Å². The molecule has 0 aromatic heterocycles. The maximum absolute atomic E-state index is 5.95. The number of halogens is 1. The Morgan fingerprint density at radius 2 is 1.78 bits per heavy atom. The molecule has 0 saturated heterocycles. The molecule has 0 unspecified atom stereocenters. The molecule has 0 aliphatic rings. The lowest BCUT2D eigenvalue weighted by Gasteiger charge is -2.18. The van der Waals surface area contributed by atoms with E-state index in [-0.39, 0.29) is 0 Å². The van der Waals surface area contributed by atoms with Crippen LogP contribution >= 0.6 is 11.6 Å². The molecule has 94 valence electrons. The van der Waals surface area contributed by atoms with Crippen LogP contribution in [0.4, 0.5) is 5.69 Å². The van der Waals surface area contributed by atoms with Crippen LogP contribution < -0.4 is 5.73 Å². The molecule has 0 saturated carbocycles. The van der Waals surface area contributed by atoms with Gasteiger partial charge in [0.25, 0.3) is 0 Å². The minimum atomic E-state index is 0.682. The maximum Gasteiger partial charge on any atom is 0.0426 e. The summed E-state index contributed by atoms with van der Waals surface area (Å²) >= 11 is 5.89. The first-order chi connectivity index (χ1) is 8.65. The summed E-state index contributed by atoms with van der Waals surface area (Å²) in [6.45, 7) is 1.72. The zero-order valence-corrected chi connectivity index (χ0v) is 11.2. The molecule has 18 heavy (non-hydrogen) atoms. The Morgan fingerprint density at radius 3 is 2.44 bits per heavy atom. The monoisotopic (exact) mass is 260 g/mol. The molecule has 0 radical (unpaired) electrons. The van der Waals surface area contributed by atoms with Crippen molar-refractivity contribution in [1.82, 2.24) is 4.90 Å². The zero-order chi connectivity index (χ0) is 13.0. The van der Waals surface area contributed by atoms with Gasteiger partial charge in [0.05, 0.1) is 0 Å². The molecule has 2 N–H and O–H groups in total. The number of anilines is 1. The van der Waals surface area contributed by atoms with Crippen LogP contribution in [0.3, 0.4) is 0 Å². The Kier molecular flexibility index (Phi) is 4.24. The van der Waals surface area contributed by atoms with Crippen LogP contribution in [0, 0.1) is 0 Å². The second-order valence-electron chi connectivity index (χ2n) is 4.50. The second kappa shape index (κ2) is 5.89. The Bertz CT molecular complexity index is 511. The van der Waals surface area contributed by atoms with Crippen LogP contribution in [-0.4, -0.2) is 11.9 Å². The third kappa shape index (κ3) is 3.49. The Balaban J connectivity index is 2.01. The van der Waals surface area contributed by atoms with Crippen molar-refractivity contribution in [2.75, 3.05) is 12.8 Å². The van der Waals surface area contributed by atoms with Crippen LogP contribution in [0.15, 0.2) is 48.5 Å². The summed E-state index contributed by atoms with van der Waals surface area (Å²) in [4.78, 5) is 2.23. The van der Waals surface area contributed by atoms with Gasteiger partial charge in [-0.15, -0.1) is 0 Å². The lowest BCUT2D eigenvalue weighted by molar-refractivity contribution is 0.319. The van der Waals surface area contributed by atoms with Gasteiger partial charge in [-0.25, -0.2) is 0 Å². The second-order valence-corrected chi connectivity index (χ2v) is 4.94. The van der Waals surface area contributed by atoms with Gasteiger partial charge in [-0.2, -0.15) is 0 Å². The van der Waals surface area contributed by atoms with Crippen molar-refractivity contribution < 1.29 is 0 Å². The van der Waals surface area contributed by atoms with Gasteiger partial charge in [0.1, 0.15) is 0 Å². The Labute approximate surface area is 113 Å². The molecule has 0 fully saturated rings. The lowest BCUT2D eigenvalue weighted by Crippen LogP contribution is -2.18. The Hall–Kier alpha value is -1.51. The number of nitrogens with two attached hydrogens (primary N) is 1. The van der Waals surface area contributed by atoms with Gasteiger partial charge >= 0.3 is 0 Å². The van der Waals surface area contributed by atoms with Crippen LogP contribution in [-0.2, 0) is 13.1 Å². The third-order valence-corrected chi connectivity index (χ3v) is 3.08. The highest BCUT2D eigenvalue weighted by atomic mass is 35.5. The van der Waals surface area contributed by atoms with E-state index in [2.05, 4.69) is 36.2 Å². The zero-order valence-electron chi connectivity index (χ0n) is 10.4. The van der Waals surface area contributed by atoms with Crippen LogP contribution in [0.1, 0.15) is 11.1 Å². The quantitative estimate of drug-likeness (QED) is 0.852. The summed E-state index contributed by atoms with van der Waals surface area (Å²) in [6.07, 6.45) is 0. The Morgan fingerprint density at radius 1 is 1.06 bits per heavy atom. The van der Waals surface area contributed by atoms with E-state index in [4.69, 9.17) is 17.3 Å². The maximum atomic E-state index is 5.95. The van der Waals surface area contributed by atoms with Crippen molar-refractivity contribution in [3.05, 3.63) is 64.7 Å². The smallest absolute Gasteiger partial charge is 0.0426 e. The van der Waals surface area contributed by atoms with Gasteiger partial charge < -0.3 is 5.73 Å². The average Bonchev–Trinajstić information content (AvgIpc) is 2.34. The van der Waals surface area contributed by atoms with Crippen LogP contribution in [0.2, 0.25) is 5.02 Å². The van der Waals surface area contributed by atoms with Gasteiger partial charge in [0.2, 0.25) is 0 Å². The number of hydrogen-bond donors (Lipinski definition) is 1. The first-order valence-electron chi connectivity index (χ1n) is 5.91. The van der Waals surface area contributed by atoms with Crippen LogP contribution in [0.5, 0.6) is 0 Å². The van der Waals surface area contributed by atoms with Gasteiger partial charge in [-0.3, -0.25) is 4.90 Å². The van der Waals surface area contributed by atoms with E-state index in [1.807, 2.05) is 18.2 Å². The van der Waals surface area contributed by atoms with Crippen molar-refractivity contribution in [2.45, 2.75) is 13.1 Å². The molecule has 0 aliphatic heterocycles. The number of nitrogens with zero attached hydrogens (tertiary/aromatic N) is 1. The first-order valence-corrected chi connectivity index (χ1v) is 6.29. The molecule has 0 atom stereocenters. The summed E-state index contributed by atoms with van der Waals surface area (Å²) in [5.74, 6) is 0. The first kappa shape index (κ1) is 12.9. The van der Waals surface area contributed by atoms with Crippen molar-refractivity contribution in [1.29, 1.82) is 0 Å². The van der Waals surface area contributed by atoms with E-state index in [1.54, 1.807) is 6.07 Å². The molecule has 0 aliphatic carbocycles. The summed E-state index contributed by atoms with van der Waals surface area (Å²) in [5.41, 5.74) is 9.11. The molecule has 3 heteroatoms. The van der Waals surface area contributed by atoms with Gasteiger partial charge in [0.15, 0.2) is 0 Å². The average molecular weight is 261 g/mol. The molecule has 0 spiro atoms. The molecule has 2 nitrogen and oxygen atoms in total. The molecule has 2 aromatic rings. The highest BCUT2D eigenvalue weighted by Gasteiger charge is 2.05. The fraction of sp³-hybridized carbons (Fsp3) is 0.200. The summed E-state index contributed by atoms with van der Waals surface area (Å²) < 4.78 is 0. The summed E-state index contributed by atoms with van der Waals surface area (Å²) in [5, 5.41) is 0.682. The molecule has 0 heterocycles. The minimum absolute atomic E-state index is 0.682. The van der Waals surface area contributed by atoms with E-state index in [0.717, 1.165) is 24.3 Å². The number of hydrogen-bond acceptors (Lipinski definition) is 2. The van der Waals surface area contributed by atoms with Crippen molar-refractivity contribution in [3.8, 4) is 0 Å². The normalized spacial score (nSPS) is 10.8. The van der Waals surface area contributed by atoms with Gasteiger partial charge in [0, 0.05) is 23.8 Å². The SMILES string of the molecule is CN(Cc1ccccc1)Cc1ccc(Cl)cc1N. The summed E-state index contributed by atoms with van der Waals surface area (Å²) in [6, 6.07) is 16.1.